The molecule has 36 heavy (non-hydrogen) atoms. The number of ether oxygens (including phenoxy) is 4. The molecule has 0 aromatic rings. The molecule has 2 fully saturated rings. The van der Waals surface area contributed by atoms with Crippen LogP contribution in [0.1, 0.15) is 34.1 Å². The molecule has 2 aliphatic heterocycles. The van der Waals surface area contributed by atoms with Crippen LogP contribution in [-0.4, -0.2) is 122 Å². The van der Waals surface area contributed by atoms with Gasteiger partial charge in [-0.05, 0) is 31.6 Å². The summed E-state index contributed by atoms with van der Waals surface area (Å²) in [6, 6.07) is 0. The van der Waals surface area contributed by atoms with Gasteiger partial charge in [-0.15, -0.1) is 0 Å². The van der Waals surface area contributed by atoms with Crippen LogP contribution in [0.5, 0.6) is 0 Å². The van der Waals surface area contributed by atoms with E-state index in [9.17, 15) is 40.5 Å². The number of carbonyl (C=O) groups is 1. The third-order valence-corrected chi connectivity index (χ3v) is 7.28. The maximum absolute atomic E-state index is 12.0. The molecule has 0 bridgehead atoms. The van der Waals surface area contributed by atoms with E-state index in [0.29, 0.717) is 5.57 Å². The van der Waals surface area contributed by atoms with E-state index >= 15 is 0 Å². The largest absolute Gasteiger partial charge is 0.394 e. The van der Waals surface area contributed by atoms with Gasteiger partial charge in [0.1, 0.15) is 41.7 Å². The van der Waals surface area contributed by atoms with Gasteiger partial charge in [0, 0.05) is 11.8 Å². The highest BCUT2D eigenvalue weighted by molar-refractivity contribution is 5.92. The summed E-state index contributed by atoms with van der Waals surface area (Å²) >= 11 is 0. The number of rotatable bonds is 8. The number of aliphatic hydroxyl groups excluding tert-OH is 5. The summed E-state index contributed by atoms with van der Waals surface area (Å²) in [6.45, 7) is 4.96. The first-order valence-corrected chi connectivity index (χ1v) is 11.9. The normalized spacial score (nSPS) is 44.1. The Kier molecular flexibility index (Phi) is 8.80. The number of hydrogen-bond acceptors (Lipinski definition) is 12. The molecule has 0 spiro atoms. The molecule has 12 heteroatoms. The van der Waals surface area contributed by atoms with Crippen molar-refractivity contribution in [2.45, 2.75) is 94.5 Å². The van der Waals surface area contributed by atoms with Crippen LogP contribution in [0.2, 0.25) is 0 Å². The van der Waals surface area contributed by atoms with Crippen molar-refractivity contribution in [3.05, 3.63) is 23.8 Å². The second kappa shape index (κ2) is 10.8. The number of allylic oxidation sites excluding steroid dienone is 1. The van der Waals surface area contributed by atoms with Gasteiger partial charge < -0.3 is 54.7 Å². The summed E-state index contributed by atoms with van der Waals surface area (Å²) in [6.07, 6.45) is -6.47. The molecule has 0 saturated carbocycles. The number of hydrogen-bond donors (Lipinski definition) is 7. The summed E-state index contributed by atoms with van der Waals surface area (Å²) in [5.74, 6) is -0.0810. The second-order valence-corrected chi connectivity index (χ2v) is 10.5. The molecule has 2 saturated heterocycles. The van der Waals surface area contributed by atoms with Crippen LogP contribution in [0.15, 0.2) is 23.8 Å². The monoisotopic (exact) mass is 518 g/mol. The first-order chi connectivity index (χ1) is 16.7. The molecule has 2 heterocycles. The Morgan fingerprint density at radius 2 is 1.83 bits per heavy atom. The van der Waals surface area contributed by atoms with Crippen molar-refractivity contribution in [1.29, 1.82) is 0 Å². The topological polar surface area (TPSA) is 196 Å². The van der Waals surface area contributed by atoms with E-state index in [1.54, 1.807) is 33.8 Å². The summed E-state index contributed by atoms with van der Waals surface area (Å²) in [5.41, 5.74) is -3.71. The molecule has 0 amide bonds. The zero-order chi connectivity index (χ0) is 27.1. The molecule has 0 radical (unpaired) electrons. The van der Waals surface area contributed by atoms with Crippen LogP contribution in [-0.2, 0) is 23.7 Å². The van der Waals surface area contributed by atoms with Crippen molar-refractivity contribution in [3.63, 3.8) is 0 Å². The van der Waals surface area contributed by atoms with Crippen LogP contribution in [0.4, 0.5) is 0 Å². The molecular weight excluding hydrogens is 480 g/mol. The zero-order valence-corrected chi connectivity index (χ0v) is 20.9. The van der Waals surface area contributed by atoms with Gasteiger partial charge in [0.15, 0.2) is 18.4 Å². The lowest BCUT2D eigenvalue weighted by Crippen LogP contribution is -2.62. The van der Waals surface area contributed by atoms with E-state index in [1.165, 1.54) is 12.2 Å². The number of carbonyl (C=O) groups excluding carboxylic acids is 1. The van der Waals surface area contributed by atoms with Crippen LogP contribution >= 0.6 is 0 Å². The van der Waals surface area contributed by atoms with E-state index in [0.717, 1.165) is 0 Å². The van der Waals surface area contributed by atoms with Crippen LogP contribution in [0.25, 0.3) is 0 Å². The van der Waals surface area contributed by atoms with Crippen molar-refractivity contribution in [1.82, 2.24) is 0 Å². The van der Waals surface area contributed by atoms with Gasteiger partial charge in [0.05, 0.1) is 25.9 Å². The van der Waals surface area contributed by atoms with E-state index in [1.807, 2.05) is 0 Å². The molecule has 0 aromatic carbocycles. The fraction of sp³-hybridized carbons (Fsp3) is 0.792. The quantitative estimate of drug-likeness (QED) is 0.173. The Morgan fingerprint density at radius 3 is 2.39 bits per heavy atom. The summed E-state index contributed by atoms with van der Waals surface area (Å²) < 4.78 is 22.3. The van der Waals surface area contributed by atoms with E-state index in [2.05, 4.69) is 0 Å². The highest BCUT2D eigenvalue weighted by atomic mass is 16.8. The maximum Gasteiger partial charge on any atom is 0.187 e. The SMILES string of the molecule is CC1=CC(=O)CC(C)(C)[C@@]1(O)C=C[C@@H](C)O[C@@H]1O[C@H](CO)[C@@H](O)[C@H](O)[C@H]1O[C@@H]1OC[C@](O)(CO)[C@H]1O. The summed E-state index contributed by atoms with van der Waals surface area (Å²) in [5, 5.41) is 71.7. The molecule has 12 nitrogen and oxygen atoms in total. The lowest BCUT2D eigenvalue weighted by atomic mass is 9.64. The fourth-order valence-corrected chi connectivity index (χ4v) is 4.77. The van der Waals surface area contributed by atoms with Gasteiger partial charge in [-0.3, -0.25) is 4.79 Å². The van der Waals surface area contributed by atoms with E-state index in [-0.39, 0.29) is 12.2 Å². The van der Waals surface area contributed by atoms with Gasteiger partial charge in [-0.25, -0.2) is 0 Å². The van der Waals surface area contributed by atoms with Gasteiger partial charge in [-0.1, -0.05) is 19.9 Å². The number of ketones is 1. The van der Waals surface area contributed by atoms with Gasteiger partial charge in [-0.2, -0.15) is 0 Å². The molecule has 10 atom stereocenters. The lowest BCUT2D eigenvalue weighted by Gasteiger charge is -2.44. The third kappa shape index (κ3) is 5.45. The Morgan fingerprint density at radius 1 is 1.17 bits per heavy atom. The molecule has 3 aliphatic rings. The Hall–Kier alpha value is -1.29. The van der Waals surface area contributed by atoms with Crippen LogP contribution in [0.3, 0.4) is 0 Å². The molecule has 0 unspecified atom stereocenters. The van der Waals surface area contributed by atoms with Gasteiger partial charge in [0.25, 0.3) is 0 Å². The molecular formula is C24H38O12. The van der Waals surface area contributed by atoms with E-state index in [4.69, 9.17) is 18.9 Å². The molecule has 7 N–H and O–H groups in total. The van der Waals surface area contributed by atoms with Crippen LogP contribution < -0.4 is 0 Å². The standard InChI is InChI=1S/C24H38O12/c1-12-7-14(27)8-22(3,4)24(12,32)6-5-13(2)34-20-18(17(29)16(28)15(9-25)35-20)36-21-19(30)23(31,10-26)11-33-21/h5-7,13,15-21,25-26,28-32H,8-11H2,1-4H3/t13-,15-,16-,17+,18-,19+,20-,21+,23-,24-/m1/s1. The Balaban J connectivity index is 1.78. The Bertz CT molecular complexity index is 858. The highest BCUT2D eigenvalue weighted by Crippen LogP contribution is 2.44. The van der Waals surface area contributed by atoms with Crippen LogP contribution in [0, 0.1) is 5.41 Å². The fourth-order valence-electron chi connectivity index (χ4n) is 4.77. The van der Waals surface area contributed by atoms with Crippen molar-refractivity contribution in [3.8, 4) is 0 Å². The molecule has 0 aromatic heterocycles. The van der Waals surface area contributed by atoms with Crippen molar-refractivity contribution in [2.24, 2.45) is 5.41 Å². The lowest BCUT2D eigenvalue weighted by molar-refractivity contribution is -0.339. The first-order valence-electron chi connectivity index (χ1n) is 11.9. The maximum atomic E-state index is 12.0. The third-order valence-electron chi connectivity index (χ3n) is 7.28. The number of aliphatic hydroxyl groups is 7. The summed E-state index contributed by atoms with van der Waals surface area (Å²) in [4.78, 5) is 12.0. The minimum atomic E-state index is -1.97. The second-order valence-electron chi connectivity index (χ2n) is 10.5. The highest BCUT2D eigenvalue weighted by Gasteiger charge is 2.53. The molecule has 206 valence electrons. The minimum Gasteiger partial charge on any atom is -0.394 e. The predicted molar refractivity (Wildman–Crippen MR) is 122 cm³/mol. The van der Waals surface area contributed by atoms with Crippen molar-refractivity contribution < 1.29 is 59.5 Å². The average Bonchev–Trinajstić information content (AvgIpc) is 3.09. The molecule has 1 aliphatic carbocycles. The van der Waals surface area contributed by atoms with Crippen molar-refractivity contribution >= 4 is 5.78 Å². The summed E-state index contributed by atoms with van der Waals surface area (Å²) in [7, 11) is 0. The average molecular weight is 519 g/mol. The zero-order valence-electron chi connectivity index (χ0n) is 20.9. The Labute approximate surface area is 209 Å². The van der Waals surface area contributed by atoms with Gasteiger partial charge in [0.2, 0.25) is 0 Å². The van der Waals surface area contributed by atoms with Crippen molar-refractivity contribution in [2.75, 3.05) is 19.8 Å². The molecule has 3 rings (SSSR count). The first kappa shape index (κ1) is 29.3. The smallest absolute Gasteiger partial charge is 0.187 e. The van der Waals surface area contributed by atoms with E-state index < -0.39 is 85.6 Å². The predicted octanol–water partition coefficient (Wildman–Crippen LogP) is -2.11. The van der Waals surface area contributed by atoms with Gasteiger partial charge >= 0.3 is 0 Å². The minimum absolute atomic E-state index is 0.0810.